The lowest BCUT2D eigenvalue weighted by Gasteiger charge is -2.16. The highest BCUT2D eigenvalue weighted by Gasteiger charge is 2.16. The summed E-state index contributed by atoms with van der Waals surface area (Å²) >= 11 is 0. The maximum atomic E-state index is 9.50. The molecule has 0 saturated heterocycles. The fourth-order valence-electron chi connectivity index (χ4n) is 2.07. The molecule has 1 aliphatic heterocycles. The second kappa shape index (κ2) is 5.74. The zero-order chi connectivity index (χ0) is 11.3. The molecule has 0 amide bonds. The molecule has 0 saturated carbocycles. The number of hydrogen-bond acceptors (Lipinski definition) is 1. The molecular weight excluding hydrogens is 189 g/mol. The van der Waals surface area contributed by atoms with Gasteiger partial charge in [-0.1, -0.05) is 19.1 Å². The van der Waals surface area contributed by atoms with Gasteiger partial charge >= 0.3 is 0 Å². The maximum Gasteiger partial charge on any atom is 0.0785 e. The Kier molecular flexibility index (Phi) is 4.60. The number of alkyl halides is 1. The van der Waals surface area contributed by atoms with Crippen molar-refractivity contribution < 1.29 is 4.39 Å². The van der Waals surface area contributed by atoms with Gasteiger partial charge in [-0.2, -0.15) is 0 Å². The first-order valence-corrected chi connectivity index (χ1v) is 5.59. The Bertz CT molecular complexity index is 309. The van der Waals surface area contributed by atoms with Crippen molar-refractivity contribution in [2.24, 2.45) is 0 Å². The number of halogens is 1. The van der Waals surface area contributed by atoms with E-state index in [1.165, 1.54) is 24.2 Å². The highest BCUT2D eigenvalue weighted by molar-refractivity contribution is 5.58. The number of fused-ring (bicyclic) bond motifs is 1. The molecule has 2 rings (SSSR count). The summed E-state index contributed by atoms with van der Waals surface area (Å²) in [6, 6.07) is 6.91. The van der Waals surface area contributed by atoms with Crippen molar-refractivity contribution in [3.63, 3.8) is 0 Å². The van der Waals surface area contributed by atoms with Crippen LogP contribution in [0.3, 0.4) is 0 Å². The average molecular weight is 209 g/mol. The SMILES string of the molecule is CCc1ccc2c(c1)CCN2CC.CF. The number of hydrogen-bond donors (Lipinski definition) is 0. The molecule has 1 aliphatic rings. The Morgan fingerprint density at radius 1 is 1.27 bits per heavy atom. The standard InChI is InChI=1S/C12H17N.CH3F/c1-3-10-5-6-12-11(9-10)7-8-13(12)4-2;1-2/h5-6,9H,3-4,7-8H2,1-2H3;1H3. The number of anilines is 1. The molecule has 15 heavy (non-hydrogen) atoms. The van der Waals surface area contributed by atoms with Crippen LogP contribution in [0.2, 0.25) is 0 Å². The summed E-state index contributed by atoms with van der Waals surface area (Å²) in [7, 11) is 0.500. The molecule has 2 heteroatoms. The summed E-state index contributed by atoms with van der Waals surface area (Å²) in [6.07, 6.45) is 2.39. The van der Waals surface area contributed by atoms with Crippen LogP contribution >= 0.6 is 0 Å². The molecule has 1 aromatic carbocycles. The minimum atomic E-state index is 0.500. The molecule has 1 aromatic rings. The van der Waals surface area contributed by atoms with Crippen molar-refractivity contribution in [2.75, 3.05) is 25.2 Å². The van der Waals surface area contributed by atoms with Gasteiger partial charge in [-0.05, 0) is 37.0 Å². The summed E-state index contributed by atoms with van der Waals surface area (Å²) < 4.78 is 9.50. The van der Waals surface area contributed by atoms with Crippen molar-refractivity contribution in [2.45, 2.75) is 26.7 Å². The Morgan fingerprint density at radius 2 is 2.00 bits per heavy atom. The topological polar surface area (TPSA) is 3.24 Å². The maximum absolute atomic E-state index is 9.50. The fraction of sp³-hybridized carbons (Fsp3) is 0.538. The van der Waals surface area contributed by atoms with E-state index in [9.17, 15) is 4.39 Å². The van der Waals surface area contributed by atoms with Gasteiger partial charge in [0, 0.05) is 18.8 Å². The average Bonchev–Trinajstić information content (AvgIpc) is 2.73. The largest absolute Gasteiger partial charge is 0.371 e. The van der Waals surface area contributed by atoms with E-state index >= 15 is 0 Å². The fourth-order valence-corrected chi connectivity index (χ4v) is 2.07. The van der Waals surface area contributed by atoms with Crippen LogP contribution in [0.4, 0.5) is 10.1 Å². The van der Waals surface area contributed by atoms with E-state index in [-0.39, 0.29) is 0 Å². The highest BCUT2D eigenvalue weighted by atomic mass is 19.1. The van der Waals surface area contributed by atoms with E-state index in [0.717, 1.165) is 13.0 Å². The summed E-state index contributed by atoms with van der Waals surface area (Å²) in [4.78, 5) is 2.45. The van der Waals surface area contributed by atoms with Gasteiger partial charge < -0.3 is 4.90 Å². The molecule has 0 atom stereocenters. The zero-order valence-corrected chi connectivity index (χ0v) is 9.89. The third-order valence-electron chi connectivity index (χ3n) is 2.93. The third-order valence-corrected chi connectivity index (χ3v) is 2.93. The van der Waals surface area contributed by atoms with Crippen molar-refractivity contribution in [3.05, 3.63) is 29.3 Å². The predicted octanol–water partition coefficient (Wildman–Crippen LogP) is 3.22. The van der Waals surface area contributed by atoms with E-state index in [2.05, 4.69) is 36.9 Å². The van der Waals surface area contributed by atoms with E-state index in [0.29, 0.717) is 7.18 Å². The molecule has 0 aliphatic carbocycles. The van der Waals surface area contributed by atoms with Crippen LogP contribution in [0.25, 0.3) is 0 Å². The summed E-state index contributed by atoms with van der Waals surface area (Å²) in [5.74, 6) is 0. The minimum Gasteiger partial charge on any atom is -0.371 e. The van der Waals surface area contributed by atoms with Gasteiger partial charge in [0.15, 0.2) is 0 Å². The van der Waals surface area contributed by atoms with Crippen LogP contribution in [0.15, 0.2) is 18.2 Å². The van der Waals surface area contributed by atoms with Crippen LogP contribution in [0.5, 0.6) is 0 Å². The number of aryl methyl sites for hydroxylation is 1. The van der Waals surface area contributed by atoms with Gasteiger partial charge in [0.05, 0.1) is 7.18 Å². The molecule has 84 valence electrons. The molecule has 0 fully saturated rings. The van der Waals surface area contributed by atoms with Crippen molar-refractivity contribution in [1.82, 2.24) is 0 Å². The molecule has 0 radical (unpaired) electrons. The normalized spacial score (nSPS) is 13.2. The van der Waals surface area contributed by atoms with Gasteiger partial charge in [-0.15, -0.1) is 0 Å². The first kappa shape index (κ1) is 12.0. The van der Waals surface area contributed by atoms with Crippen LogP contribution in [0, 0.1) is 0 Å². The van der Waals surface area contributed by atoms with E-state index in [1.807, 2.05) is 0 Å². The smallest absolute Gasteiger partial charge is 0.0785 e. The number of benzene rings is 1. The van der Waals surface area contributed by atoms with Gasteiger partial charge in [-0.3, -0.25) is 4.39 Å². The molecule has 0 spiro atoms. The lowest BCUT2D eigenvalue weighted by atomic mass is 10.1. The quantitative estimate of drug-likeness (QED) is 0.723. The van der Waals surface area contributed by atoms with Gasteiger partial charge in [-0.25, -0.2) is 0 Å². The second-order valence-corrected chi connectivity index (χ2v) is 3.65. The van der Waals surface area contributed by atoms with Crippen molar-refractivity contribution in [1.29, 1.82) is 0 Å². The van der Waals surface area contributed by atoms with Crippen LogP contribution in [0.1, 0.15) is 25.0 Å². The number of nitrogens with zero attached hydrogens (tertiary/aromatic N) is 1. The van der Waals surface area contributed by atoms with Gasteiger partial charge in [0.25, 0.3) is 0 Å². The first-order chi connectivity index (χ1) is 7.35. The van der Waals surface area contributed by atoms with Gasteiger partial charge in [0.2, 0.25) is 0 Å². The summed E-state index contributed by atoms with van der Waals surface area (Å²) in [5, 5.41) is 0. The summed E-state index contributed by atoms with van der Waals surface area (Å²) in [6.45, 7) is 6.79. The molecule has 1 nitrogen and oxygen atoms in total. The first-order valence-electron chi connectivity index (χ1n) is 5.59. The zero-order valence-electron chi connectivity index (χ0n) is 9.89. The van der Waals surface area contributed by atoms with Crippen LogP contribution in [-0.4, -0.2) is 20.3 Å². The molecule has 0 bridgehead atoms. The Hall–Kier alpha value is -1.05. The predicted molar refractivity (Wildman–Crippen MR) is 64.4 cm³/mol. The highest BCUT2D eigenvalue weighted by Crippen LogP contribution is 2.28. The van der Waals surface area contributed by atoms with Crippen molar-refractivity contribution in [3.8, 4) is 0 Å². The van der Waals surface area contributed by atoms with Crippen LogP contribution in [-0.2, 0) is 12.8 Å². The third kappa shape index (κ3) is 2.49. The summed E-state index contributed by atoms with van der Waals surface area (Å²) in [5.41, 5.74) is 4.47. The van der Waals surface area contributed by atoms with E-state index < -0.39 is 0 Å². The molecular formula is C13H20FN. The molecule has 0 aromatic heterocycles. The lowest BCUT2D eigenvalue weighted by Crippen LogP contribution is -2.18. The Morgan fingerprint density at radius 3 is 2.60 bits per heavy atom. The lowest BCUT2D eigenvalue weighted by molar-refractivity contribution is 0.636. The molecule has 1 heterocycles. The van der Waals surface area contributed by atoms with E-state index in [1.54, 1.807) is 5.56 Å². The van der Waals surface area contributed by atoms with Crippen molar-refractivity contribution >= 4 is 5.69 Å². The monoisotopic (exact) mass is 209 g/mol. The number of likely N-dealkylation sites (N-methyl/N-ethyl adjacent to an activating group) is 1. The molecule has 0 N–H and O–H groups in total. The van der Waals surface area contributed by atoms with Crippen LogP contribution < -0.4 is 4.90 Å². The van der Waals surface area contributed by atoms with Gasteiger partial charge in [0.1, 0.15) is 0 Å². The van der Waals surface area contributed by atoms with E-state index in [4.69, 9.17) is 0 Å². The number of rotatable bonds is 2. The Labute approximate surface area is 91.9 Å². The Balaban J connectivity index is 0.000000531. The second-order valence-electron chi connectivity index (χ2n) is 3.65. The minimum absolute atomic E-state index is 0.500. The molecule has 0 unspecified atom stereocenters.